The van der Waals surface area contributed by atoms with Crippen LogP contribution in [-0.4, -0.2) is 45.7 Å². The van der Waals surface area contributed by atoms with E-state index in [1.807, 2.05) is 48.2 Å². The van der Waals surface area contributed by atoms with Gasteiger partial charge in [0.2, 0.25) is 5.91 Å². The zero-order valence-electron chi connectivity index (χ0n) is 18.3. The topological polar surface area (TPSA) is 75.2 Å². The van der Waals surface area contributed by atoms with Crippen LogP contribution in [0.15, 0.2) is 47.5 Å². The van der Waals surface area contributed by atoms with E-state index < -0.39 is 0 Å². The summed E-state index contributed by atoms with van der Waals surface area (Å²) in [5.41, 5.74) is 3.14. The van der Waals surface area contributed by atoms with E-state index in [1.54, 1.807) is 14.2 Å². The van der Waals surface area contributed by atoms with Gasteiger partial charge in [-0.1, -0.05) is 18.2 Å². The Morgan fingerprint density at radius 1 is 1.19 bits per heavy atom. The number of aliphatic imine (C=N–C) groups is 1. The fourth-order valence-corrected chi connectivity index (χ4v) is 3.51. The number of carbonyl (C=O) groups is 1. The molecule has 0 spiro atoms. The van der Waals surface area contributed by atoms with Gasteiger partial charge in [0.1, 0.15) is 0 Å². The molecule has 3 rings (SSSR count). The summed E-state index contributed by atoms with van der Waals surface area (Å²) in [5, 5.41) is 6.49. The number of hydrogen-bond acceptors (Lipinski definition) is 4. The van der Waals surface area contributed by atoms with Crippen molar-refractivity contribution in [3.63, 3.8) is 0 Å². The zero-order valence-corrected chi connectivity index (χ0v) is 20.6. The molecule has 0 aromatic heterocycles. The Bertz CT molecular complexity index is 904. The van der Waals surface area contributed by atoms with Crippen LogP contribution in [0.5, 0.6) is 11.5 Å². The average molecular weight is 538 g/mol. The van der Waals surface area contributed by atoms with Gasteiger partial charge in [-0.2, -0.15) is 0 Å². The van der Waals surface area contributed by atoms with E-state index in [-0.39, 0.29) is 29.9 Å². The van der Waals surface area contributed by atoms with Crippen molar-refractivity contribution >= 4 is 47.2 Å². The summed E-state index contributed by atoms with van der Waals surface area (Å²) in [6.07, 6.45) is 2.16. The first-order valence-electron chi connectivity index (χ1n) is 10.3. The predicted molar refractivity (Wildman–Crippen MR) is 136 cm³/mol. The molecule has 31 heavy (non-hydrogen) atoms. The highest BCUT2D eigenvalue weighted by Gasteiger charge is 2.23. The number of methoxy groups -OCH3 is 1. The molecule has 2 aromatic carbocycles. The molecule has 0 saturated heterocycles. The van der Waals surface area contributed by atoms with E-state index in [4.69, 9.17) is 9.47 Å². The molecule has 1 heterocycles. The molecule has 7 nitrogen and oxygen atoms in total. The second kappa shape index (κ2) is 12.4. The molecule has 2 N–H and O–H groups in total. The third kappa shape index (κ3) is 6.49. The lowest BCUT2D eigenvalue weighted by Crippen LogP contribution is -2.33. The van der Waals surface area contributed by atoms with E-state index in [0.29, 0.717) is 37.0 Å². The molecule has 0 fully saturated rings. The normalized spacial score (nSPS) is 12.6. The number of ether oxygens (including phenoxy) is 2. The number of nitrogens with zero attached hydrogens (tertiary/aromatic N) is 2. The maximum absolute atomic E-state index is 12.6. The van der Waals surface area contributed by atoms with Crippen molar-refractivity contribution in [1.82, 2.24) is 5.32 Å². The molecule has 0 radical (unpaired) electrons. The number of guanidine groups is 1. The maximum Gasteiger partial charge on any atom is 0.227 e. The summed E-state index contributed by atoms with van der Waals surface area (Å²) in [5.74, 6) is 2.17. The Balaban J connectivity index is 0.00000341. The van der Waals surface area contributed by atoms with Gasteiger partial charge in [0.15, 0.2) is 17.5 Å². The summed E-state index contributed by atoms with van der Waals surface area (Å²) in [4.78, 5) is 18.7. The van der Waals surface area contributed by atoms with Gasteiger partial charge in [-0.15, -0.1) is 24.0 Å². The quantitative estimate of drug-likeness (QED) is 0.230. The zero-order chi connectivity index (χ0) is 21.3. The minimum atomic E-state index is 0. The van der Waals surface area contributed by atoms with E-state index >= 15 is 0 Å². The van der Waals surface area contributed by atoms with E-state index in [9.17, 15) is 4.79 Å². The van der Waals surface area contributed by atoms with Crippen molar-refractivity contribution in [3.8, 4) is 11.5 Å². The Morgan fingerprint density at radius 2 is 2.00 bits per heavy atom. The molecule has 1 aliphatic heterocycles. The van der Waals surface area contributed by atoms with Crippen LogP contribution in [0.4, 0.5) is 11.4 Å². The lowest BCUT2D eigenvalue weighted by Gasteiger charge is -2.18. The highest BCUT2D eigenvalue weighted by Crippen LogP contribution is 2.30. The van der Waals surface area contributed by atoms with Gasteiger partial charge in [-0.05, 0) is 43.5 Å². The molecular weight excluding hydrogens is 507 g/mol. The van der Waals surface area contributed by atoms with Gasteiger partial charge in [0.25, 0.3) is 0 Å². The Kier molecular flexibility index (Phi) is 9.90. The van der Waals surface area contributed by atoms with Crippen LogP contribution in [0.3, 0.4) is 0 Å². The number of benzene rings is 2. The van der Waals surface area contributed by atoms with Crippen LogP contribution in [0, 0.1) is 0 Å². The van der Waals surface area contributed by atoms with Crippen LogP contribution in [0.25, 0.3) is 0 Å². The molecule has 0 unspecified atom stereocenters. The van der Waals surface area contributed by atoms with E-state index in [1.165, 1.54) is 5.56 Å². The minimum absolute atomic E-state index is 0. The summed E-state index contributed by atoms with van der Waals surface area (Å²) in [7, 11) is 3.33. The number of nitrogens with one attached hydrogen (secondary N) is 2. The van der Waals surface area contributed by atoms with Crippen molar-refractivity contribution < 1.29 is 14.3 Å². The summed E-state index contributed by atoms with van der Waals surface area (Å²) < 4.78 is 10.9. The Morgan fingerprint density at radius 3 is 2.74 bits per heavy atom. The van der Waals surface area contributed by atoms with Gasteiger partial charge in [0.05, 0.1) is 13.7 Å². The van der Waals surface area contributed by atoms with Crippen molar-refractivity contribution in [1.29, 1.82) is 0 Å². The van der Waals surface area contributed by atoms with Gasteiger partial charge >= 0.3 is 0 Å². The Labute approximate surface area is 201 Å². The molecule has 168 valence electrons. The number of anilines is 2. The first-order valence-corrected chi connectivity index (χ1v) is 10.3. The van der Waals surface area contributed by atoms with Gasteiger partial charge < -0.3 is 25.0 Å². The molecule has 1 amide bonds. The standard InChI is InChI=1S/C23H30N4O3.HI/c1-4-30-20-12-11-18(16-21(20)29-3)26-23(24-2)25-14-7-10-22(28)27-15-13-17-8-5-6-9-19(17)27;/h5-6,8-9,11-12,16H,4,7,10,13-15H2,1-3H3,(H2,24,25,26);1H. The molecule has 0 aliphatic carbocycles. The molecular formula is C23H31IN4O3. The molecule has 0 atom stereocenters. The van der Waals surface area contributed by atoms with Crippen LogP contribution in [0.1, 0.15) is 25.3 Å². The molecule has 0 saturated carbocycles. The number of para-hydroxylation sites is 1. The van der Waals surface area contributed by atoms with Crippen molar-refractivity contribution in [2.45, 2.75) is 26.2 Å². The largest absolute Gasteiger partial charge is 0.493 e. The number of amides is 1. The van der Waals surface area contributed by atoms with Gasteiger partial charge in [-0.3, -0.25) is 9.79 Å². The number of fused-ring (bicyclic) bond motifs is 1. The van der Waals surface area contributed by atoms with Crippen molar-refractivity contribution in [2.75, 3.05) is 44.1 Å². The highest BCUT2D eigenvalue weighted by atomic mass is 127. The number of halogens is 1. The third-order valence-electron chi connectivity index (χ3n) is 5.00. The highest BCUT2D eigenvalue weighted by molar-refractivity contribution is 14.0. The minimum Gasteiger partial charge on any atom is -0.493 e. The maximum atomic E-state index is 12.6. The molecule has 0 bridgehead atoms. The lowest BCUT2D eigenvalue weighted by molar-refractivity contribution is -0.118. The number of hydrogen-bond donors (Lipinski definition) is 2. The lowest BCUT2D eigenvalue weighted by atomic mass is 10.2. The van der Waals surface area contributed by atoms with Crippen LogP contribution in [-0.2, 0) is 11.2 Å². The second-order valence-electron chi connectivity index (χ2n) is 6.95. The fourth-order valence-electron chi connectivity index (χ4n) is 3.51. The predicted octanol–water partition coefficient (Wildman–Crippen LogP) is 4.07. The first kappa shape index (κ1) is 24.8. The van der Waals surface area contributed by atoms with E-state index in [0.717, 1.165) is 30.8 Å². The summed E-state index contributed by atoms with van der Waals surface area (Å²) in [6.45, 7) is 3.93. The number of carbonyl (C=O) groups excluding carboxylic acids is 1. The SMILES string of the molecule is CCOc1ccc(NC(=NC)NCCCC(=O)N2CCc3ccccc32)cc1OC.I. The first-order chi connectivity index (χ1) is 14.7. The van der Waals surface area contributed by atoms with Gasteiger partial charge in [0, 0.05) is 44.0 Å². The van der Waals surface area contributed by atoms with Crippen LogP contribution in [0.2, 0.25) is 0 Å². The second-order valence-corrected chi connectivity index (χ2v) is 6.95. The monoisotopic (exact) mass is 538 g/mol. The molecule has 2 aromatic rings. The fraction of sp³-hybridized carbons (Fsp3) is 0.391. The smallest absolute Gasteiger partial charge is 0.227 e. The van der Waals surface area contributed by atoms with Gasteiger partial charge in [-0.25, -0.2) is 0 Å². The van der Waals surface area contributed by atoms with Crippen LogP contribution < -0.4 is 25.0 Å². The average Bonchev–Trinajstić information content (AvgIpc) is 3.21. The van der Waals surface area contributed by atoms with Crippen molar-refractivity contribution in [3.05, 3.63) is 48.0 Å². The van der Waals surface area contributed by atoms with Crippen molar-refractivity contribution in [2.24, 2.45) is 4.99 Å². The molecule has 1 aliphatic rings. The van der Waals surface area contributed by atoms with E-state index in [2.05, 4.69) is 21.7 Å². The summed E-state index contributed by atoms with van der Waals surface area (Å²) >= 11 is 0. The number of rotatable bonds is 8. The third-order valence-corrected chi connectivity index (χ3v) is 5.00. The van der Waals surface area contributed by atoms with Crippen LogP contribution >= 0.6 is 24.0 Å². The molecule has 8 heteroatoms. The summed E-state index contributed by atoms with van der Waals surface area (Å²) in [6, 6.07) is 13.8. The Hall–Kier alpha value is -2.49.